The van der Waals surface area contributed by atoms with Crippen LogP contribution in [0.2, 0.25) is 0 Å². The molecule has 1 aromatic carbocycles. The molecule has 0 saturated carbocycles. The minimum absolute atomic E-state index is 0.174. The number of hydrogen-bond acceptors (Lipinski definition) is 3. The Morgan fingerprint density at radius 3 is 2.76 bits per heavy atom. The van der Waals surface area contributed by atoms with Gasteiger partial charge < -0.3 is 14.4 Å². The second-order valence-electron chi connectivity index (χ2n) is 5.62. The number of rotatable bonds is 6. The van der Waals surface area contributed by atoms with Gasteiger partial charge in [0.1, 0.15) is 6.54 Å². The predicted molar refractivity (Wildman–Crippen MR) is 83.4 cm³/mol. The lowest BCUT2D eigenvalue weighted by Crippen LogP contribution is -2.10. The van der Waals surface area contributed by atoms with Gasteiger partial charge in [-0.1, -0.05) is 19.9 Å². The van der Waals surface area contributed by atoms with Gasteiger partial charge >= 0.3 is 5.97 Å². The molecule has 21 heavy (non-hydrogen) atoms. The molecule has 0 amide bonds. The molecule has 114 valence electrons. The van der Waals surface area contributed by atoms with Crippen molar-refractivity contribution < 1.29 is 14.6 Å². The van der Waals surface area contributed by atoms with Crippen molar-refractivity contribution in [1.82, 2.24) is 4.57 Å². The number of esters is 1. The summed E-state index contributed by atoms with van der Waals surface area (Å²) in [5, 5.41) is 10.2. The molecule has 0 bridgehead atoms. The number of carbonyl (C=O) groups excluding carboxylic acids is 1. The fourth-order valence-electron chi connectivity index (χ4n) is 2.55. The highest BCUT2D eigenvalue weighted by Crippen LogP contribution is 2.27. The van der Waals surface area contributed by atoms with E-state index in [4.69, 9.17) is 9.84 Å². The van der Waals surface area contributed by atoms with Crippen molar-refractivity contribution in [3.05, 3.63) is 35.5 Å². The molecule has 4 heteroatoms. The zero-order valence-corrected chi connectivity index (χ0v) is 12.9. The topological polar surface area (TPSA) is 51.5 Å². The van der Waals surface area contributed by atoms with E-state index in [1.807, 2.05) is 10.8 Å². The Morgan fingerprint density at radius 2 is 2.14 bits per heavy atom. The standard InChI is InChI=1S/C17H23NO3/c1-12(2)13-6-7-16-15(9-13)14(5-4-8-19)10-18(16)11-17(20)21-3/h6-7,9-10,12,19H,4-5,8,11H2,1-3H3. The second-order valence-corrected chi connectivity index (χ2v) is 5.62. The van der Waals surface area contributed by atoms with E-state index in [-0.39, 0.29) is 19.1 Å². The summed E-state index contributed by atoms with van der Waals surface area (Å²) in [5.41, 5.74) is 3.49. The summed E-state index contributed by atoms with van der Waals surface area (Å²) < 4.78 is 6.68. The minimum atomic E-state index is -0.256. The van der Waals surface area contributed by atoms with Crippen LogP contribution in [-0.4, -0.2) is 29.4 Å². The van der Waals surface area contributed by atoms with Gasteiger partial charge in [0.15, 0.2) is 0 Å². The van der Waals surface area contributed by atoms with E-state index in [1.165, 1.54) is 23.6 Å². The van der Waals surface area contributed by atoms with Crippen molar-refractivity contribution in [1.29, 1.82) is 0 Å². The molecular weight excluding hydrogens is 266 g/mol. The summed E-state index contributed by atoms with van der Waals surface area (Å²) in [6.45, 7) is 4.72. The summed E-state index contributed by atoms with van der Waals surface area (Å²) in [6.07, 6.45) is 3.54. The van der Waals surface area contributed by atoms with Crippen LogP contribution < -0.4 is 0 Å². The second kappa shape index (κ2) is 6.76. The van der Waals surface area contributed by atoms with Gasteiger partial charge in [0.2, 0.25) is 0 Å². The van der Waals surface area contributed by atoms with Gasteiger partial charge in [0.25, 0.3) is 0 Å². The normalized spacial score (nSPS) is 11.3. The molecule has 0 aliphatic carbocycles. The van der Waals surface area contributed by atoms with Crippen molar-refractivity contribution in [3.8, 4) is 0 Å². The number of aromatic nitrogens is 1. The first-order valence-electron chi connectivity index (χ1n) is 7.36. The van der Waals surface area contributed by atoms with Crippen LogP contribution in [0.3, 0.4) is 0 Å². The third-order valence-corrected chi connectivity index (χ3v) is 3.79. The highest BCUT2D eigenvalue weighted by atomic mass is 16.5. The van der Waals surface area contributed by atoms with Gasteiger partial charge in [0, 0.05) is 23.7 Å². The third-order valence-electron chi connectivity index (χ3n) is 3.79. The lowest BCUT2D eigenvalue weighted by atomic mass is 9.99. The van der Waals surface area contributed by atoms with Crippen LogP contribution in [0, 0.1) is 0 Å². The smallest absolute Gasteiger partial charge is 0.325 e. The predicted octanol–water partition coefficient (Wildman–Crippen LogP) is 2.86. The van der Waals surface area contributed by atoms with E-state index in [9.17, 15) is 4.79 Å². The first-order valence-corrected chi connectivity index (χ1v) is 7.36. The molecule has 1 heterocycles. The molecule has 1 aromatic heterocycles. The Hall–Kier alpha value is -1.81. The lowest BCUT2D eigenvalue weighted by Gasteiger charge is -2.07. The first kappa shape index (κ1) is 15.6. The molecule has 0 atom stereocenters. The quantitative estimate of drug-likeness (QED) is 0.832. The maximum Gasteiger partial charge on any atom is 0.325 e. The van der Waals surface area contributed by atoms with Crippen LogP contribution >= 0.6 is 0 Å². The molecule has 0 fully saturated rings. The van der Waals surface area contributed by atoms with Crippen molar-refractivity contribution in [2.75, 3.05) is 13.7 Å². The van der Waals surface area contributed by atoms with E-state index < -0.39 is 0 Å². The largest absolute Gasteiger partial charge is 0.468 e. The van der Waals surface area contributed by atoms with Crippen LogP contribution in [0.1, 0.15) is 37.3 Å². The Labute approximate surface area is 125 Å². The maximum absolute atomic E-state index is 11.5. The molecule has 0 aliphatic rings. The van der Waals surface area contributed by atoms with E-state index >= 15 is 0 Å². The number of aryl methyl sites for hydroxylation is 1. The van der Waals surface area contributed by atoms with Gasteiger partial charge in [-0.15, -0.1) is 0 Å². The summed E-state index contributed by atoms with van der Waals surface area (Å²) in [7, 11) is 1.40. The number of ether oxygens (including phenoxy) is 1. The number of hydrogen-bond donors (Lipinski definition) is 1. The number of fused-ring (bicyclic) bond motifs is 1. The Morgan fingerprint density at radius 1 is 1.38 bits per heavy atom. The molecule has 0 radical (unpaired) electrons. The molecule has 0 saturated heterocycles. The van der Waals surface area contributed by atoms with Crippen LogP contribution in [-0.2, 0) is 22.5 Å². The molecule has 2 aromatic rings. The average molecular weight is 289 g/mol. The fraction of sp³-hybridized carbons (Fsp3) is 0.471. The molecule has 4 nitrogen and oxygen atoms in total. The number of benzene rings is 1. The van der Waals surface area contributed by atoms with Crippen molar-refractivity contribution in [3.63, 3.8) is 0 Å². The number of methoxy groups -OCH3 is 1. The van der Waals surface area contributed by atoms with Gasteiger partial charge in [-0.3, -0.25) is 4.79 Å². The van der Waals surface area contributed by atoms with Gasteiger partial charge in [0.05, 0.1) is 7.11 Å². The number of aliphatic hydroxyl groups is 1. The highest BCUT2D eigenvalue weighted by Gasteiger charge is 2.12. The molecule has 1 N–H and O–H groups in total. The van der Waals surface area contributed by atoms with E-state index in [0.717, 1.165) is 18.4 Å². The summed E-state index contributed by atoms with van der Waals surface area (Å²) in [4.78, 5) is 11.5. The summed E-state index contributed by atoms with van der Waals surface area (Å²) in [6, 6.07) is 6.37. The Kier molecular flexibility index (Phi) is 5.02. The number of carbonyl (C=O) groups is 1. The van der Waals surface area contributed by atoms with E-state index in [2.05, 4.69) is 32.0 Å². The van der Waals surface area contributed by atoms with Gasteiger partial charge in [-0.05, 0) is 42.0 Å². The molecule has 0 aliphatic heterocycles. The molecule has 0 unspecified atom stereocenters. The SMILES string of the molecule is COC(=O)Cn1cc(CCCO)c2cc(C(C)C)ccc21. The van der Waals surface area contributed by atoms with Crippen molar-refractivity contribution in [2.24, 2.45) is 0 Å². The third kappa shape index (κ3) is 3.45. The Balaban J connectivity index is 2.47. The Bertz CT molecular complexity index is 628. The fourth-order valence-corrected chi connectivity index (χ4v) is 2.55. The van der Waals surface area contributed by atoms with Crippen LogP contribution in [0.15, 0.2) is 24.4 Å². The van der Waals surface area contributed by atoms with Crippen molar-refractivity contribution >= 4 is 16.9 Å². The lowest BCUT2D eigenvalue weighted by molar-refractivity contribution is -0.141. The number of nitrogens with zero attached hydrogens (tertiary/aromatic N) is 1. The van der Waals surface area contributed by atoms with Gasteiger partial charge in [-0.25, -0.2) is 0 Å². The van der Waals surface area contributed by atoms with Crippen LogP contribution in [0.4, 0.5) is 0 Å². The highest BCUT2D eigenvalue weighted by molar-refractivity contribution is 5.86. The average Bonchev–Trinajstić information content (AvgIpc) is 2.82. The summed E-state index contributed by atoms with van der Waals surface area (Å²) >= 11 is 0. The van der Waals surface area contributed by atoms with Crippen LogP contribution in [0.5, 0.6) is 0 Å². The van der Waals surface area contributed by atoms with E-state index in [1.54, 1.807) is 0 Å². The minimum Gasteiger partial charge on any atom is -0.468 e. The van der Waals surface area contributed by atoms with Gasteiger partial charge in [-0.2, -0.15) is 0 Å². The number of aliphatic hydroxyl groups excluding tert-OH is 1. The first-order chi connectivity index (χ1) is 10.1. The van der Waals surface area contributed by atoms with Crippen LogP contribution in [0.25, 0.3) is 10.9 Å². The molecule has 2 rings (SSSR count). The molecule has 0 spiro atoms. The zero-order valence-electron chi connectivity index (χ0n) is 12.9. The maximum atomic E-state index is 11.5. The monoisotopic (exact) mass is 289 g/mol. The zero-order chi connectivity index (χ0) is 15.4. The van der Waals surface area contributed by atoms with E-state index in [0.29, 0.717) is 5.92 Å². The molecular formula is C17H23NO3. The summed E-state index contributed by atoms with van der Waals surface area (Å²) in [5.74, 6) is 0.206. The van der Waals surface area contributed by atoms with Crippen molar-refractivity contribution in [2.45, 2.75) is 39.2 Å².